The SMILES string of the molecule is CCNC(=O)C(C)(C)CNC(=NCC(C)(O)CN1CCOCC1)NCC. The predicted molar refractivity (Wildman–Crippen MR) is 104 cm³/mol. The third kappa shape index (κ3) is 8.33. The van der Waals surface area contributed by atoms with Gasteiger partial charge in [0, 0.05) is 39.3 Å². The highest BCUT2D eigenvalue weighted by Crippen LogP contribution is 2.13. The van der Waals surface area contributed by atoms with Gasteiger partial charge in [-0.25, -0.2) is 0 Å². The van der Waals surface area contributed by atoms with Gasteiger partial charge in [0.1, 0.15) is 0 Å². The van der Waals surface area contributed by atoms with E-state index < -0.39 is 11.0 Å². The summed E-state index contributed by atoms with van der Waals surface area (Å²) in [6.07, 6.45) is 0. The summed E-state index contributed by atoms with van der Waals surface area (Å²) in [5, 5.41) is 19.9. The van der Waals surface area contributed by atoms with Crippen LogP contribution in [0.25, 0.3) is 0 Å². The number of hydrogen-bond acceptors (Lipinski definition) is 5. The Bertz CT molecular complexity index is 460. The summed E-state index contributed by atoms with van der Waals surface area (Å²) in [6, 6.07) is 0. The molecule has 0 aromatic rings. The number of morpholine rings is 1. The van der Waals surface area contributed by atoms with E-state index in [1.165, 1.54) is 0 Å². The minimum Gasteiger partial charge on any atom is -0.387 e. The molecule has 0 radical (unpaired) electrons. The van der Waals surface area contributed by atoms with Crippen molar-refractivity contribution >= 4 is 11.9 Å². The molecule has 0 bridgehead atoms. The number of hydrogen-bond donors (Lipinski definition) is 4. The summed E-state index contributed by atoms with van der Waals surface area (Å²) in [4.78, 5) is 18.8. The highest BCUT2D eigenvalue weighted by Gasteiger charge is 2.28. The molecular formula is C18H37N5O3. The van der Waals surface area contributed by atoms with Crippen LogP contribution in [0.3, 0.4) is 0 Å². The average molecular weight is 372 g/mol. The molecule has 4 N–H and O–H groups in total. The minimum atomic E-state index is -0.922. The molecular weight excluding hydrogens is 334 g/mol. The molecule has 0 spiro atoms. The maximum Gasteiger partial charge on any atom is 0.227 e. The zero-order valence-corrected chi connectivity index (χ0v) is 17.0. The molecule has 1 aliphatic heterocycles. The second-order valence-corrected chi connectivity index (χ2v) is 7.68. The van der Waals surface area contributed by atoms with Gasteiger partial charge in [0.15, 0.2) is 5.96 Å². The molecule has 8 nitrogen and oxygen atoms in total. The minimum absolute atomic E-state index is 0.00247. The molecule has 1 amide bonds. The maximum atomic E-state index is 12.1. The lowest BCUT2D eigenvalue weighted by Gasteiger charge is -2.33. The molecule has 1 fully saturated rings. The summed E-state index contributed by atoms with van der Waals surface area (Å²) in [6.45, 7) is 15.2. The molecule has 0 aromatic carbocycles. The van der Waals surface area contributed by atoms with Crippen LogP contribution in [-0.2, 0) is 9.53 Å². The Morgan fingerprint density at radius 3 is 2.31 bits per heavy atom. The van der Waals surface area contributed by atoms with E-state index in [2.05, 4.69) is 25.8 Å². The third-order valence-electron chi connectivity index (χ3n) is 4.24. The fraction of sp³-hybridized carbons (Fsp3) is 0.889. The van der Waals surface area contributed by atoms with Crippen LogP contribution in [0.2, 0.25) is 0 Å². The Labute approximate surface area is 157 Å². The maximum absolute atomic E-state index is 12.1. The smallest absolute Gasteiger partial charge is 0.227 e. The van der Waals surface area contributed by atoms with Crippen molar-refractivity contribution in [2.75, 3.05) is 59.0 Å². The average Bonchev–Trinajstić information content (AvgIpc) is 2.58. The molecule has 1 saturated heterocycles. The lowest BCUT2D eigenvalue weighted by Crippen LogP contribution is -2.49. The molecule has 1 atom stereocenters. The lowest BCUT2D eigenvalue weighted by atomic mass is 9.92. The number of carbonyl (C=O) groups excluding carboxylic acids is 1. The van der Waals surface area contributed by atoms with Crippen LogP contribution >= 0.6 is 0 Å². The summed E-state index contributed by atoms with van der Waals surface area (Å²) in [5.74, 6) is 0.606. The molecule has 1 unspecified atom stereocenters. The number of carbonyl (C=O) groups is 1. The van der Waals surface area contributed by atoms with Crippen molar-refractivity contribution in [3.8, 4) is 0 Å². The van der Waals surface area contributed by atoms with Crippen LogP contribution in [0.4, 0.5) is 0 Å². The molecule has 1 aliphatic rings. The number of nitrogens with one attached hydrogen (secondary N) is 3. The Hall–Kier alpha value is -1.38. The number of nitrogens with zero attached hydrogens (tertiary/aromatic N) is 2. The molecule has 0 aromatic heterocycles. The van der Waals surface area contributed by atoms with Gasteiger partial charge in [-0.05, 0) is 34.6 Å². The van der Waals surface area contributed by atoms with Crippen LogP contribution in [0.1, 0.15) is 34.6 Å². The number of aliphatic imine (C=N–C) groups is 1. The normalized spacial score (nSPS) is 18.9. The third-order valence-corrected chi connectivity index (χ3v) is 4.24. The topological polar surface area (TPSA) is 98.2 Å². The van der Waals surface area contributed by atoms with E-state index in [-0.39, 0.29) is 12.5 Å². The van der Waals surface area contributed by atoms with E-state index in [1.54, 1.807) is 6.92 Å². The van der Waals surface area contributed by atoms with Gasteiger partial charge in [0.05, 0.1) is 30.8 Å². The van der Waals surface area contributed by atoms with Crippen molar-refractivity contribution in [1.29, 1.82) is 0 Å². The van der Waals surface area contributed by atoms with Crippen molar-refractivity contribution in [3.05, 3.63) is 0 Å². The number of β-amino-alcohol motifs (C(OH)–C–C–N with tert-alkyl or cyclic N) is 1. The second-order valence-electron chi connectivity index (χ2n) is 7.68. The molecule has 8 heteroatoms. The largest absolute Gasteiger partial charge is 0.387 e. The van der Waals surface area contributed by atoms with Gasteiger partial charge in [-0.3, -0.25) is 14.7 Å². The zero-order valence-electron chi connectivity index (χ0n) is 17.0. The van der Waals surface area contributed by atoms with Crippen molar-refractivity contribution in [3.63, 3.8) is 0 Å². The van der Waals surface area contributed by atoms with Crippen LogP contribution in [0.5, 0.6) is 0 Å². The summed E-state index contributed by atoms with van der Waals surface area (Å²) >= 11 is 0. The van der Waals surface area contributed by atoms with Crippen LogP contribution in [0.15, 0.2) is 4.99 Å². The first-order valence-corrected chi connectivity index (χ1v) is 9.53. The fourth-order valence-electron chi connectivity index (χ4n) is 2.67. The Kier molecular flexibility index (Phi) is 9.32. The first kappa shape index (κ1) is 22.7. The van der Waals surface area contributed by atoms with Gasteiger partial charge in [0.2, 0.25) is 5.91 Å². The number of rotatable bonds is 9. The fourth-order valence-corrected chi connectivity index (χ4v) is 2.67. The van der Waals surface area contributed by atoms with Gasteiger partial charge in [0.25, 0.3) is 0 Å². The van der Waals surface area contributed by atoms with Gasteiger partial charge >= 0.3 is 0 Å². The summed E-state index contributed by atoms with van der Waals surface area (Å²) in [5.41, 5.74) is -1.47. The standard InChI is InChI=1S/C18H37N5O3/c1-6-19-15(24)17(3,4)12-21-16(20-7-2)22-13-18(5,25)14-23-8-10-26-11-9-23/h25H,6-14H2,1-5H3,(H,19,24)(H2,20,21,22). The number of amides is 1. The highest BCUT2D eigenvalue weighted by atomic mass is 16.5. The zero-order chi connectivity index (χ0) is 19.6. The highest BCUT2D eigenvalue weighted by molar-refractivity contribution is 5.84. The van der Waals surface area contributed by atoms with Crippen molar-refractivity contribution in [2.24, 2.45) is 10.4 Å². The molecule has 152 valence electrons. The van der Waals surface area contributed by atoms with E-state index in [0.717, 1.165) is 13.1 Å². The Morgan fingerprint density at radius 1 is 1.12 bits per heavy atom. The van der Waals surface area contributed by atoms with E-state index in [9.17, 15) is 9.90 Å². The number of guanidine groups is 1. The number of aliphatic hydroxyl groups is 1. The van der Waals surface area contributed by atoms with Crippen LogP contribution in [-0.4, -0.2) is 86.5 Å². The van der Waals surface area contributed by atoms with E-state index >= 15 is 0 Å². The quantitative estimate of drug-likeness (QED) is 0.331. The van der Waals surface area contributed by atoms with Crippen molar-refractivity contribution < 1.29 is 14.6 Å². The molecule has 1 rings (SSSR count). The molecule has 0 aliphatic carbocycles. The first-order chi connectivity index (χ1) is 12.2. The van der Waals surface area contributed by atoms with Gasteiger partial charge in [-0.2, -0.15) is 0 Å². The summed E-state index contributed by atoms with van der Waals surface area (Å²) in [7, 11) is 0. The van der Waals surface area contributed by atoms with Crippen LogP contribution in [0, 0.1) is 5.41 Å². The Morgan fingerprint density at radius 2 is 1.73 bits per heavy atom. The van der Waals surface area contributed by atoms with E-state index in [4.69, 9.17) is 4.74 Å². The van der Waals surface area contributed by atoms with Crippen LogP contribution < -0.4 is 16.0 Å². The van der Waals surface area contributed by atoms with E-state index in [1.807, 2.05) is 27.7 Å². The number of ether oxygens (including phenoxy) is 1. The van der Waals surface area contributed by atoms with Gasteiger partial charge in [-0.1, -0.05) is 0 Å². The predicted octanol–water partition coefficient (Wildman–Crippen LogP) is -0.213. The second kappa shape index (κ2) is 10.7. The summed E-state index contributed by atoms with van der Waals surface area (Å²) < 4.78 is 5.34. The van der Waals surface area contributed by atoms with Gasteiger partial charge in [-0.15, -0.1) is 0 Å². The first-order valence-electron chi connectivity index (χ1n) is 9.53. The van der Waals surface area contributed by atoms with Gasteiger partial charge < -0.3 is 25.8 Å². The van der Waals surface area contributed by atoms with E-state index in [0.29, 0.717) is 45.4 Å². The molecule has 1 heterocycles. The van der Waals surface area contributed by atoms with Crippen molar-refractivity contribution in [1.82, 2.24) is 20.9 Å². The Balaban J connectivity index is 2.59. The van der Waals surface area contributed by atoms with Crippen molar-refractivity contribution in [2.45, 2.75) is 40.2 Å². The lowest BCUT2D eigenvalue weighted by molar-refractivity contribution is -0.128. The monoisotopic (exact) mass is 371 g/mol. The molecule has 26 heavy (non-hydrogen) atoms. The molecule has 0 saturated carbocycles.